The molecule has 0 radical (unpaired) electrons. The molecule has 0 unspecified atom stereocenters. The van der Waals surface area contributed by atoms with Crippen LogP contribution < -0.4 is 9.64 Å². The van der Waals surface area contributed by atoms with E-state index in [2.05, 4.69) is 0 Å². The number of aliphatic hydroxyl groups is 1. The average molecular weight is 401 g/mol. The highest BCUT2D eigenvalue weighted by Crippen LogP contribution is 2.48. The number of amides is 1. The quantitative estimate of drug-likeness (QED) is 0.818. The van der Waals surface area contributed by atoms with Crippen LogP contribution in [0.25, 0.3) is 0 Å². The van der Waals surface area contributed by atoms with Crippen molar-refractivity contribution in [2.75, 3.05) is 25.2 Å². The number of hydrogen-bond acceptors (Lipinski definition) is 4. The van der Waals surface area contributed by atoms with Crippen LogP contribution in [0.3, 0.4) is 0 Å². The highest BCUT2D eigenvalue weighted by molar-refractivity contribution is 6.00. The van der Waals surface area contributed by atoms with Gasteiger partial charge in [0.25, 0.3) is 0 Å². The smallest absolute Gasteiger partial charge is 0.425 e. The molecule has 1 saturated heterocycles. The van der Waals surface area contributed by atoms with Crippen LogP contribution in [0.2, 0.25) is 0 Å². The van der Waals surface area contributed by atoms with Crippen LogP contribution in [0, 0.1) is 5.41 Å². The number of hydrogen-bond donors (Lipinski definition) is 1. The first-order valence-electron chi connectivity index (χ1n) is 9.45. The molecule has 2 aliphatic rings. The van der Waals surface area contributed by atoms with Crippen LogP contribution in [0.4, 0.5) is 18.9 Å². The molecule has 1 atom stereocenters. The van der Waals surface area contributed by atoms with Gasteiger partial charge in [-0.2, -0.15) is 13.2 Å². The molecular weight excluding hydrogens is 375 g/mol. The van der Waals surface area contributed by atoms with E-state index < -0.39 is 23.3 Å². The molecule has 1 saturated carbocycles. The summed E-state index contributed by atoms with van der Waals surface area (Å²) in [7, 11) is 1.55. The number of ether oxygens (including phenoxy) is 2. The lowest BCUT2D eigenvalue weighted by molar-refractivity contribution is -0.189. The van der Waals surface area contributed by atoms with Crippen molar-refractivity contribution in [3.05, 3.63) is 24.3 Å². The molecule has 28 heavy (non-hydrogen) atoms. The lowest BCUT2D eigenvalue weighted by atomic mass is 9.68. The highest BCUT2D eigenvalue weighted by atomic mass is 19.4. The van der Waals surface area contributed by atoms with Gasteiger partial charge in [0, 0.05) is 19.3 Å². The van der Waals surface area contributed by atoms with Crippen molar-refractivity contribution in [2.24, 2.45) is 5.41 Å². The molecule has 1 aromatic carbocycles. The zero-order valence-corrected chi connectivity index (χ0v) is 16.1. The van der Waals surface area contributed by atoms with Crippen molar-refractivity contribution >= 4 is 11.6 Å². The fraction of sp³-hybridized carbons (Fsp3) is 0.650. The molecular formula is C20H26F3NO4. The number of carbonyl (C=O) groups excluding carboxylic acids is 1. The maximum atomic E-state index is 13.1. The van der Waals surface area contributed by atoms with Crippen LogP contribution in [0.15, 0.2) is 24.3 Å². The summed E-state index contributed by atoms with van der Waals surface area (Å²) >= 11 is 0. The van der Waals surface area contributed by atoms with Crippen molar-refractivity contribution in [3.63, 3.8) is 0 Å². The fourth-order valence-electron chi connectivity index (χ4n) is 4.11. The predicted octanol–water partition coefficient (Wildman–Crippen LogP) is 3.69. The van der Waals surface area contributed by atoms with Crippen LogP contribution in [-0.4, -0.2) is 49.2 Å². The van der Waals surface area contributed by atoms with Gasteiger partial charge < -0.3 is 19.5 Å². The number of anilines is 1. The Morgan fingerprint density at radius 1 is 1.14 bits per heavy atom. The molecule has 8 heteroatoms. The average Bonchev–Trinajstić information content (AvgIpc) is 2.95. The summed E-state index contributed by atoms with van der Waals surface area (Å²) in [6, 6.07) is 6.13. The summed E-state index contributed by atoms with van der Waals surface area (Å²) in [5, 5.41) is 10.5. The second-order valence-corrected chi connectivity index (χ2v) is 7.94. The second-order valence-electron chi connectivity index (χ2n) is 7.94. The fourth-order valence-corrected chi connectivity index (χ4v) is 4.11. The van der Waals surface area contributed by atoms with Gasteiger partial charge >= 0.3 is 6.18 Å². The van der Waals surface area contributed by atoms with Gasteiger partial charge in [0.15, 0.2) is 6.10 Å². The molecule has 1 N–H and O–H groups in total. The summed E-state index contributed by atoms with van der Waals surface area (Å²) in [6.07, 6.45) is -3.38. The molecule has 3 rings (SSSR count). The number of methoxy groups -OCH3 is 1. The van der Waals surface area contributed by atoms with E-state index >= 15 is 0 Å². The Kier molecular flexibility index (Phi) is 5.64. The first-order chi connectivity index (χ1) is 13.1. The Morgan fingerprint density at radius 2 is 1.75 bits per heavy atom. The first-order valence-corrected chi connectivity index (χ1v) is 9.45. The van der Waals surface area contributed by atoms with Gasteiger partial charge in [-0.15, -0.1) is 0 Å². The van der Waals surface area contributed by atoms with Crippen LogP contribution in [-0.2, 0) is 9.53 Å². The summed E-state index contributed by atoms with van der Waals surface area (Å²) in [5.41, 5.74) is -0.700. The van der Waals surface area contributed by atoms with Crippen LogP contribution in [0.1, 0.15) is 39.0 Å². The van der Waals surface area contributed by atoms with Crippen LogP contribution >= 0.6 is 0 Å². The Labute approximate surface area is 162 Å². The zero-order chi connectivity index (χ0) is 20.6. The summed E-state index contributed by atoms with van der Waals surface area (Å²) < 4.78 is 47.8. The van der Waals surface area contributed by atoms with Gasteiger partial charge in [0.05, 0.1) is 17.6 Å². The minimum Gasteiger partial charge on any atom is -0.481 e. The number of benzene rings is 1. The van der Waals surface area contributed by atoms with Crippen molar-refractivity contribution < 1.29 is 32.5 Å². The van der Waals surface area contributed by atoms with Crippen molar-refractivity contribution in [1.29, 1.82) is 0 Å². The Morgan fingerprint density at radius 3 is 2.29 bits per heavy atom. The largest absolute Gasteiger partial charge is 0.481 e. The van der Waals surface area contributed by atoms with E-state index in [1.54, 1.807) is 24.1 Å². The molecule has 1 amide bonds. The van der Waals surface area contributed by atoms with Gasteiger partial charge in [-0.05, 0) is 63.3 Å². The van der Waals surface area contributed by atoms with E-state index in [-0.39, 0.29) is 18.3 Å². The van der Waals surface area contributed by atoms with E-state index in [1.807, 2.05) is 0 Å². The molecule has 1 heterocycles. The number of carbonyl (C=O) groups is 1. The number of nitrogens with zero attached hydrogens (tertiary/aromatic N) is 1. The maximum absolute atomic E-state index is 13.1. The van der Waals surface area contributed by atoms with E-state index in [9.17, 15) is 23.1 Å². The second kappa shape index (κ2) is 7.55. The molecule has 1 spiro atoms. The Hall–Kier alpha value is -1.80. The minimum atomic E-state index is -4.43. The topological polar surface area (TPSA) is 59.0 Å². The third kappa shape index (κ3) is 4.12. The highest BCUT2D eigenvalue weighted by Gasteiger charge is 2.51. The Balaban J connectivity index is 1.65. The number of alkyl halides is 3. The third-order valence-corrected chi connectivity index (χ3v) is 5.99. The molecule has 156 valence electrons. The lowest BCUT2D eigenvalue weighted by Crippen LogP contribution is -2.45. The maximum Gasteiger partial charge on any atom is 0.425 e. The molecule has 1 aliphatic carbocycles. The summed E-state index contributed by atoms with van der Waals surface area (Å²) in [6.45, 7) is 1.77. The normalized spacial score (nSPS) is 29.4. The molecule has 0 bridgehead atoms. The number of rotatable bonds is 5. The molecule has 2 fully saturated rings. The Bertz CT molecular complexity index is 696. The molecule has 5 nitrogen and oxygen atoms in total. The van der Waals surface area contributed by atoms with E-state index in [0.717, 1.165) is 6.92 Å². The first kappa shape index (κ1) is 20.9. The molecule has 0 aromatic heterocycles. The van der Waals surface area contributed by atoms with Gasteiger partial charge in [0.2, 0.25) is 5.91 Å². The molecule has 1 aromatic rings. The van der Waals surface area contributed by atoms with Gasteiger partial charge in [0.1, 0.15) is 5.75 Å². The number of halogens is 3. The summed E-state index contributed by atoms with van der Waals surface area (Å²) in [5.74, 6) is 0.126. The third-order valence-electron chi connectivity index (χ3n) is 5.99. The van der Waals surface area contributed by atoms with Gasteiger partial charge in [-0.25, -0.2) is 0 Å². The SMILES string of the molecule is COC[C@]1(O)CC[C@]2(CCN(c3ccc(O[C@H](C)C(F)(F)F)cc3)C2=O)CC1. The zero-order valence-electron chi connectivity index (χ0n) is 16.1. The monoisotopic (exact) mass is 401 g/mol. The van der Waals surface area contributed by atoms with Crippen molar-refractivity contribution in [3.8, 4) is 5.75 Å². The van der Waals surface area contributed by atoms with Crippen molar-refractivity contribution in [1.82, 2.24) is 0 Å². The standard InChI is InChI=1S/C20H26F3NO4/c1-14(20(21,22)23)28-16-5-3-15(4-6-16)24-12-11-18(17(24)25)7-9-19(26,10-8-18)13-27-2/h3-6,14,26H,7-13H2,1-2H3/t14-,18-,19+/m1/s1. The van der Waals surface area contributed by atoms with Gasteiger partial charge in [-0.3, -0.25) is 4.79 Å². The van der Waals surface area contributed by atoms with Gasteiger partial charge in [-0.1, -0.05) is 0 Å². The van der Waals surface area contributed by atoms with E-state index in [4.69, 9.17) is 9.47 Å². The lowest BCUT2D eigenvalue weighted by Gasteiger charge is -2.40. The predicted molar refractivity (Wildman–Crippen MR) is 97.3 cm³/mol. The molecule has 1 aliphatic heterocycles. The van der Waals surface area contributed by atoms with Crippen molar-refractivity contribution in [2.45, 2.75) is 56.9 Å². The van der Waals surface area contributed by atoms with E-state index in [1.165, 1.54) is 12.1 Å². The minimum absolute atomic E-state index is 0.0179. The van der Waals surface area contributed by atoms with Crippen LogP contribution in [0.5, 0.6) is 5.75 Å². The van der Waals surface area contributed by atoms with E-state index in [0.29, 0.717) is 44.3 Å². The summed E-state index contributed by atoms with van der Waals surface area (Å²) in [4.78, 5) is 14.8.